The Morgan fingerprint density at radius 2 is 2.23 bits per heavy atom. The van der Waals surface area contributed by atoms with Crippen molar-refractivity contribution < 1.29 is 9.84 Å². The molecule has 1 aromatic carbocycles. The minimum Gasteiger partial charge on any atom is -0.506 e. The Morgan fingerprint density at radius 3 is 2.77 bits per heavy atom. The van der Waals surface area contributed by atoms with Crippen molar-refractivity contribution in [3.05, 3.63) is 22.2 Å². The molecule has 0 saturated heterocycles. The average Bonchev–Trinajstić information content (AvgIpc) is 2.14. The van der Waals surface area contributed by atoms with Gasteiger partial charge in [0.1, 0.15) is 16.0 Å². The highest BCUT2D eigenvalue weighted by atomic mass is 79.9. The van der Waals surface area contributed by atoms with E-state index in [-0.39, 0.29) is 5.75 Å². The normalized spacial score (nSPS) is 10.1. The van der Waals surface area contributed by atoms with Crippen molar-refractivity contribution in [2.24, 2.45) is 0 Å². The zero-order valence-corrected chi connectivity index (χ0v) is 9.18. The van der Waals surface area contributed by atoms with Crippen molar-refractivity contribution >= 4 is 15.9 Å². The smallest absolute Gasteiger partial charge is 0.138 e. The molecule has 0 aliphatic rings. The predicted octanol–water partition coefficient (Wildman–Crippen LogP) is 1.88. The van der Waals surface area contributed by atoms with Crippen molar-refractivity contribution in [3.8, 4) is 11.5 Å². The molecule has 1 rings (SSSR count). The van der Waals surface area contributed by atoms with Crippen LogP contribution in [-0.4, -0.2) is 19.3 Å². The van der Waals surface area contributed by atoms with Crippen molar-refractivity contribution in [1.29, 1.82) is 0 Å². The number of phenols is 1. The van der Waals surface area contributed by atoms with Crippen LogP contribution in [-0.2, 0) is 6.54 Å². The number of ether oxygens (including phenoxy) is 1. The monoisotopic (exact) mass is 245 g/mol. The van der Waals surface area contributed by atoms with Gasteiger partial charge in [-0.1, -0.05) is 6.07 Å². The minimum atomic E-state index is 0.230. The highest BCUT2D eigenvalue weighted by molar-refractivity contribution is 9.10. The number of halogens is 1. The first-order chi connectivity index (χ1) is 6.20. The summed E-state index contributed by atoms with van der Waals surface area (Å²) in [5.41, 5.74) is 0.843. The fraction of sp³-hybridized carbons (Fsp3) is 0.333. The molecule has 72 valence electrons. The lowest BCUT2D eigenvalue weighted by Gasteiger charge is -2.09. The van der Waals surface area contributed by atoms with E-state index in [0.29, 0.717) is 16.8 Å². The number of hydrogen-bond acceptors (Lipinski definition) is 3. The number of hydrogen-bond donors (Lipinski definition) is 2. The SMILES string of the molecule is CNCc1ccc(OC)c(Br)c1O. The molecular formula is C9H12BrNO2. The molecule has 0 heterocycles. The number of benzene rings is 1. The molecule has 0 bridgehead atoms. The molecule has 3 nitrogen and oxygen atoms in total. The lowest BCUT2D eigenvalue weighted by molar-refractivity contribution is 0.401. The van der Waals surface area contributed by atoms with Crippen LogP contribution in [0.15, 0.2) is 16.6 Å². The molecule has 0 fully saturated rings. The summed E-state index contributed by atoms with van der Waals surface area (Å²) in [6, 6.07) is 3.64. The second-order valence-electron chi connectivity index (χ2n) is 2.62. The predicted molar refractivity (Wildman–Crippen MR) is 55.1 cm³/mol. The van der Waals surface area contributed by atoms with Crippen LogP contribution in [0.4, 0.5) is 0 Å². The number of rotatable bonds is 3. The standard InChI is InChI=1S/C9H12BrNO2/c1-11-5-6-3-4-7(13-2)8(10)9(6)12/h3-4,11-12H,5H2,1-2H3. The summed E-state index contributed by atoms with van der Waals surface area (Å²) in [4.78, 5) is 0. The van der Waals surface area contributed by atoms with Gasteiger partial charge in [0.25, 0.3) is 0 Å². The molecule has 0 aliphatic carbocycles. The van der Waals surface area contributed by atoms with Gasteiger partial charge in [0.05, 0.1) is 7.11 Å². The second-order valence-corrected chi connectivity index (χ2v) is 3.41. The van der Waals surface area contributed by atoms with Crippen LogP contribution in [0.3, 0.4) is 0 Å². The molecule has 0 aromatic heterocycles. The van der Waals surface area contributed by atoms with Gasteiger partial charge < -0.3 is 15.2 Å². The van der Waals surface area contributed by atoms with E-state index in [1.54, 1.807) is 7.11 Å². The molecule has 0 saturated carbocycles. The number of aromatic hydroxyl groups is 1. The van der Waals surface area contributed by atoms with E-state index in [1.165, 1.54) is 0 Å². The third-order valence-electron chi connectivity index (χ3n) is 1.75. The van der Waals surface area contributed by atoms with E-state index in [4.69, 9.17) is 4.74 Å². The lowest BCUT2D eigenvalue weighted by atomic mass is 10.2. The second kappa shape index (κ2) is 4.48. The van der Waals surface area contributed by atoms with Crippen molar-refractivity contribution in [2.45, 2.75) is 6.54 Å². The van der Waals surface area contributed by atoms with E-state index in [1.807, 2.05) is 19.2 Å². The molecule has 1 aromatic rings. The van der Waals surface area contributed by atoms with Crippen LogP contribution in [0.5, 0.6) is 11.5 Å². The van der Waals surface area contributed by atoms with Gasteiger partial charge >= 0.3 is 0 Å². The highest BCUT2D eigenvalue weighted by Gasteiger charge is 2.09. The topological polar surface area (TPSA) is 41.5 Å². The molecule has 0 atom stereocenters. The Kier molecular flexibility index (Phi) is 3.57. The summed E-state index contributed by atoms with van der Waals surface area (Å²) in [5.74, 6) is 0.867. The van der Waals surface area contributed by atoms with Gasteiger partial charge in [-0.3, -0.25) is 0 Å². The van der Waals surface area contributed by atoms with Crippen LogP contribution in [0, 0.1) is 0 Å². The molecule has 4 heteroatoms. The van der Waals surface area contributed by atoms with Crippen molar-refractivity contribution in [2.75, 3.05) is 14.2 Å². The third-order valence-corrected chi connectivity index (χ3v) is 2.52. The quantitative estimate of drug-likeness (QED) is 0.855. The largest absolute Gasteiger partial charge is 0.506 e. The molecule has 0 aliphatic heterocycles. The molecule has 0 unspecified atom stereocenters. The Balaban J connectivity index is 3.07. The van der Waals surface area contributed by atoms with Gasteiger partial charge in [-0.15, -0.1) is 0 Å². The molecular weight excluding hydrogens is 234 g/mol. The zero-order valence-electron chi connectivity index (χ0n) is 7.60. The van der Waals surface area contributed by atoms with Crippen molar-refractivity contribution in [1.82, 2.24) is 5.32 Å². The summed E-state index contributed by atoms with van der Waals surface area (Å²) in [6.07, 6.45) is 0. The fourth-order valence-electron chi connectivity index (χ4n) is 1.08. The van der Waals surface area contributed by atoms with E-state index in [2.05, 4.69) is 21.2 Å². The summed E-state index contributed by atoms with van der Waals surface area (Å²) in [6.45, 7) is 0.633. The number of nitrogens with one attached hydrogen (secondary N) is 1. The Hall–Kier alpha value is -0.740. The Bertz CT molecular complexity index is 302. The van der Waals surface area contributed by atoms with Gasteiger partial charge in [-0.25, -0.2) is 0 Å². The lowest BCUT2D eigenvalue weighted by Crippen LogP contribution is -2.05. The van der Waals surface area contributed by atoms with E-state index < -0.39 is 0 Å². The zero-order chi connectivity index (χ0) is 9.84. The molecule has 13 heavy (non-hydrogen) atoms. The molecule has 2 N–H and O–H groups in total. The first-order valence-electron chi connectivity index (χ1n) is 3.89. The van der Waals surface area contributed by atoms with Gasteiger partial charge in [0.2, 0.25) is 0 Å². The summed E-state index contributed by atoms with van der Waals surface area (Å²) in [5, 5.41) is 12.6. The van der Waals surface area contributed by atoms with Crippen LogP contribution >= 0.6 is 15.9 Å². The van der Waals surface area contributed by atoms with E-state index >= 15 is 0 Å². The maximum atomic E-state index is 9.67. The third kappa shape index (κ3) is 2.14. The molecule has 0 radical (unpaired) electrons. The first-order valence-corrected chi connectivity index (χ1v) is 4.69. The number of methoxy groups -OCH3 is 1. The minimum absolute atomic E-state index is 0.230. The van der Waals surface area contributed by atoms with E-state index in [9.17, 15) is 5.11 Å². The highest BCUT2D eigenvalue weighted by Crippen LogP contribution is 2.35. The van der Waals surface area contributed by atoms with Crippen LogP contribution < -0.4 is 10.1 Å². The summed E-state index contributed by atoms with van der Waals surface area (Å²) < 4.78 is 5.63. The fourth-order valence-corrected chi connectivity index (χ4v) is 1.63. The molecule has 0 spiro atoms. The van der Waals surface area contributed by atoms with Crippen LogP contribution in [0.1, 0.15) is 5.56 Å². The van der Waals surface area contributed by atoms with Gasteiger partial charge in [-0.2, -0.15) is 0 Å². The van der Waals surface area contributed by atoms with Crippen LogP contribution in [0.25, 0.3) is 0 Å². The number of phenolic OH excluding ortho intramolecular Hbond substituents is 1. The first kappa shape index (κ1) is 10.3. The Labute approximate surface area is 85.9 Å². The van der Waals surface area contributed by atoms with Crippen molar-refractivity contribution in [3.63, 3.8) is 0 Å². The average molecular weight is 246 g/mol. The van der Waals surface area contributed by atoms with Gasteiger partial charge in [-0.05, 0) is 29.0 Å². The van der Waals surface area contributed by atoms with E-state index in [0.717, 1.165) is 5.56 Å². The maximum absolute atomic E-state index is 9.67. The maximum Gasteiger partial charge on any atom is 0.138 e. The Morgan fingerprint density at radius 1 is 1.54 bits per heavy atom. The summed E-state index contributed by atoms with van der Waals surface area (Å²) >= 11 is 3.26. The van der Waals surface area contributed by atoms with Gasteiger partial charge in [0, 0.05) is 12.1 Å². The summed E-state index contributed by atoms with van der Waals surface area (Å²) in [7, 11) is 3.40. The molecule has 0 amide bonds. The van der Waals surface area contributed by atoms with Gasteiger partial charge in [0.15, 0.2) is 0 Å². The van der Waals surface area contributed by atoms with Crippen LogP contribution in [0.2, 0.25) is 0 Å².